The van der Waals surface area contributed by atoms with Crippen LogP contribution in [0, 0.1) is 10.1 Å². The number of hydrogen-bond donors (Lipinski definition) is 2. The standard InChI is InChI=1S/C19H23N5O4S/c1-20-19(23-12-9-14-5-3-4-6-17(14)23)22-11-10-21-16-8-7-15(29(2,27)28)13-18(16)24(25)26/h3-8,13,21H,9-12H2,1-2H3,(H,20,22). The number of nitrogens with one attached hydrogen (secondary N) is 2. The first-order valence-electron chi connectivity index (χ1n) is 9.09. The second-order valence-corrected chi connectivity index (χ2v) is 8.66. The second-order valence-electron chi connectivity index (χ2n) is 6.64. The molecule has 0 aliphatic carbocycles. The molecular formula is C19H23N5O4S. The average molecular weight is 417 g/mol. The lowest BCUT2D eigenvalue weighted by Crippen LogP contribution is -2.42. The highest BCUT2D eigenvalue weighted by Crippen LogP contribution is 2.28. The number of sulfone groups is 1. The molecule has 10 heteroatoms. The van der Waals surface area contributed by atoms with Gasteiger partial charge in [0.25, 0.3) is 5.69 Å². The van der Waals surface area contributed by atoms with Gasteiger partial charge in [0.2, 0.25) is 0 Å². The molecule has 1 heterocycles. The van der Waals surface area contributed by atoms with Gasteiger partial charge in [-0.2, -0.15) is 0 Å². The Hall–Kier alpha value is -3.14. The Morgan fingerprint density at radius 1 is 1.24 bits per heavy atom. The van der Waals surface area contributed by atoms with Crippen molar-refractivity contribution in [2.45, 2.75) is 11.3 Å². The molecule has 0 atom stereocenters. The van der Waals surface area contributed by atoms with Crippen LogP contribution in [0.5, 0.6) is 0 Å². The zero-order valence-corrected chi connectivity index (χ0v) is 17.1. The molecule has 2 aromatic rings. The number of aliphatic imine (C=N–C) groups is 1. The quantitative estimate of drug-likeness (QED) is 0.243. The minimum atomic E-state index is -3.52. The number of para-hydroxylation sites is 1. The maximum atomic E-state index is 11.6. The minimum Gasteiger partial charge on any atom is -0.378 e. The number of rotatable bonds is 6. The molecule has 2 aromatic carbocycles. The molecule has 1 aliphatic rings. The minimum absolute atomic E-state index is 0.0824. The van der Waals surface area contributed by atoms with Gasteiger partial charge in [0, 0.05) is 44.7 Å². The molecule has 0 saturated heterocycles. The third-order valence-electron chi connectivity index (χ3n) is 4.67. The summed E-state index contributed by atoms with van der Waals surface area (Å²) in [7, 11) is -1.80. The Balaban J connectivity index is 1.62. The van der Waals surface area contributed by atoms with Crippen LogP contribution in [0.4, 0.5) is 17.1 Å². The predicted octanol–water partition coefficient (Wildman–Crippen LogP) is 2.05. The van der Waals surface area contributed by atoms with Crippen molar-refractivity contribution >= 4 is 32.9 Å². The first-order chi connectivity index (χ1) is 13.8. The molecule has 0 aromatic heterocycles. The summed E-state index contributed by atoms with van der Waals surface area (Å²) in [6.07, 6.45) is 1.97. The number of nitrogens with zero attached hydrogens (tertiary/aromatic N) is 3. The van der Waals surface area contributed by atoms with Crippen molar-refractivity contribution in [1.29, 1.82) is 0 Å². The molecule has 0 amide bonds. The van der Waals surface area contributed by atoms with Crippen molar-refractivity contribution in [1.82, 2.24) is 5.32 Å². The van der Waals surface area contributed by atoms with Gasteiger partial charge < -0.3 is 15.5 Å². The van der Waals surface area contributed by atoms with Gasteiger partial charge in [-0.25, -0.2) is 8.42 Å². The van der Waals surface area contributed by atoms with Crippen LogP contribution in [-0.4, -0.2) is 52.2 Å². The van der Waals surface area contributed by atoms with Crippen LogP contribution in [0.2, 0.25) is 0 Å². The van der Waals surface area contributed by atoms with Crippen LogP contribution in [0.25, 0.3) is 0 Å². The number of fused-ring (bicyclic) bond motifs is 1. The van der Waals surface area contributed by atoms with E-state index >= 15 is 0 Å². The van der Waals surface area contributed by atoms with Gasteiger partial charge in [0.05, 0.1) is 9.82 Å². The van der Waals surface area contributed by atoms with Crippen LogP contribution < -0.4 is 15.5 Å². The third kappa shape index (κ3) is 4.65. The van der Waals surface area contributed by atoms with E-state index in [-0.39, 0.29) is 16.3 Å². The van der Waals surface area contributed by atoms with Crippen LogP contribution >= 0.6 is 0 Å². The summed E-state index contributed by atoms with van der Waals surface area (Å²) < 4.78 is 23.3. The van der Waals surface area contributed by atoms with Crippen molar-refractivity contribution < 1.29 is 13.3 Å². The summed E-state index contributed by atoms with van der Waals surface area (Å²) in [6, 6.07) is 12.0. The highest BCUT2D eigenvalue weighted by Gasteiger charge is 2.22. The molecule has 0 unspecified atom stereocenters. The number of benzene rings is 2. The number of nitro benzene ring substituents is 1. The molecule has 0 saturated carbocycles. The highest BCUT2D eigenvalue weighted by atomic mass is 32.2. The van der Waals surface area contributed by atoms with Crippen molar-refractivity contribution in [3.63, 3.8) is 0 Å². The van der Waals surface area contributed by atoms with E-state index in [2.05, 4.69) is 32.7 Å². The van der Waals surface area contributed by atoms with Gasteiger partial charge in [-0.3, -0.25) is 15.1 Å². The molecule has 0 radical (unpaired) electrons. The first kappa shape index (κ1) is 20.6. The summed E-state index contributed by atoms with van der Waals surface area (Å²) >= 11 is 0. The van der Waals surface area contributed by atoms with E-state index in [1.165, 1.54) is 17.7 Å². The van der Waals surface area contributed by atoms with E-state index in [1.54, 1.807) is 7.05 Å². The SMILES string of the molecule is CN=C(NCCNc1ccc(S(C)(=O)=O)cc1[N+](=O)[O-])N1CCc2ccccc21. The van der Waals surface area contributed by atoms with Crippen molar-refractivity contribution in [3.8, 4) is 0 Å². The lowest BCUT2D eigenvalue weighted by Gasteiger charge is -2.22. The van der Waals surface area contributed by atoms with Crippen molar-refractivity contribution in [3.05, 3.63) is 58.1 Å². The fraction of sp³-hybridized carbons (Fsp3) is 0.316. The van der Waals surface area contributed by atoms with Crippen LogP contribution in [0.15, 0.2) is 52.4 Å². The molecule has 3 rings (SSSR count). The van der Waals surface area contributed by atoms with E-state index in [0.717, 1.165) is 36.9 Å². The fourth-order valence-corrected chi connectivity index (χ4v) is 3.91. The highest BCUT2D eigenvalue weighted by molar-refractivity contribution is 7.90. The summed E-state index contributed by atoms with van der Waals surface area (Å²) in [5.41, 5.74) is 2.40. The fourth-order valence-electron chi connectivity index (χ4n) is 3.27. The largest absolute Gasteiger partial charge is 0.378 e. The maximum Gasteiger partial charge on any atom is 0.293 e. The monoisotopic (exact) mass is 417 g/mol. The van der Waals surface area contributed by atoms with Gasteiger partial charge in [0.1, 0.15) is 5.69 Å². The summed E-state index contributed by atoms with van der Waals surface area (Å²) in [4.78, 5) is 17.1. The number of nitro groups is 1. The molecule has 9 nitrogen and oxygen atoms in total. The van der Waals surface area contributed by atoms with E-state index in [0.29, 0.717) is 13.1 Å². The molecule has 2 N–H and O–H groups in total. The average Bonchev–Trinajstić information content (AvgIpc) is 3.11. The molecule has 0 fully saturated rings. The zero-order valence-electron chi connectivity index (χ0n) is 16.3. The smallest absolute Gasteiger partial charge is 0.293 e. The topological polar surface area (TPSA) is 117 Å². The number of hydrogen-bond acceptors (Lipinski definition) is 6. The normalized spacial score (nSPS) is 13.9. The molecular weight excluding hydrogens is 394 g/mol. The Labute approximate surface area is 169 Å². The molecule has 0 bridgehead atoms. The van der Waals surface area contributed by atoms with Crippen molar-refractivity contribution in [2.24, 2.45) is 4.99 Å². The first-order valence-corrected chi connectivity index (χ1v) is 11.0. The molecule has 1 aliphatic heterocycles. The molecule has 0 spiro atoms. The van der Waals surface area contributed by atoms with Crippen LogP contribution in [0.3, 0.4) is 0 Å². The summed E-state index contributed by atoms with van der Waals surface area (Å²) in [6.45, 7) is 1.72. The van der Waals surface area contributed by atoms with E-state index < -0.39 is 14.8 Å². The van der Waals surface area contributed by atoms with Gasteiger partial charge in [-0.1, -0.05) is 18.2 Å². The third-order valence-corrected chi connectivity index (χ3v) is 5.78. The lowest BCUT2D eigenvalue weighted by molar-refractivity contribution is -0.384. The van der Waals surface area contributed by atoms with Gasteiger partial charge >= 0.3 is 0 Å². The Kier molecular flexibility index (Phi) is 6.02. The van der Waals surface area contributed by atoms with Crippen molar-refractivity contribution in [2.75, 3.05) is 43.2 Å². The zero-order chi connectivity index (χ0) is 21.0. The molecule has 29 heavy (non-hydrogen) atoms. The molecule has 154 valence electrons. The van der Waals surface area contributed by atoms with E-state index in [1.807, 2.05) is 12.1 Å². The number of guanidine groups is 1. The summed E-state index contributed by atoms with van der Waals surface area (Å²) in [5, 5.41) is 17.6. The van der Waals surface area contributed by atoms with Crippen LogP contribution in [-0.2, 0) is 16.3 Å². The second kappa shape index (κ2) is 8.48. The van der Waals surface area contributed by atoms with Crippen LogP contribution in [0.1, 0.15) is 5.56 Å². The Morgan fingerprint density at radius 2 is 2.00 bits per heavy atom. The van der Waals surface area contributed by atoms with Gasteiger partial charge in [0.15, 0.2) is 15.8 Å². The summed E-state index contributed by atoms with van der Waals surface area (Å²) in [5.74, 6) is 0.735. The van der Waals surface area contributed by atoms with E-state index in [9.17, 15) is 18.5 Å². The lowest BCUT2D eigenvalue weighted by atomic mass is 10.2. The Morgan fingerprint density at radius 3 is 2.69 bits per heavy atom. The number of anilines is 2. The maximum absolute atomic E-state index is 11.6. The Bertz CT molecular complexity index is 1050. The van der Waals surface area contributed by atoms with E-state index in [4.69, 9.17) is 0 Å². The predicted molar refractivity (Wildman–Crippen MR) is 114 cm³/mol. The van der Waals surface area contributed by atoms with Gasteiger partial charge in [-0.05, 0) is 30.2 Å². The van der Waals surface area contributed by atoms with Gasteiger partial charge in [-0.15, -0.1) is 0 Å².